The fourth-order valence-corrected chi connectivity index (χ4v) is 3.20. The minimum absolute atomic E-state index is 0.174. The van der Waals surface area contributed by atoms with Crippen molar-refractivity contribution < 1.29 is 18.0 Å². The quantitative estimate of drug-likeness (QED) is 0.864. The van der Waals surface area contributed by atoms with E-state index >= 15 is 0 Å². The number of halogens is 3. The van der Waals surface area contributed by atoms with Gasteiger partial charge in [-0.05, 0) is 37.1 Å². The number of carbonyl (C=O) groups is 1. The highest BCUT2D eigenvalue weighted by Gasteiger charge is 2.45. The van der Waals surface area contributed by atoms with Gasteiger partial charge < -0.3 is 10.2 Å². The summed E-state index contributed by atoms with van der Waals surface area (Å²) in [5.74, 6) is -0.502. The Labute approximate surface area is 126 Å². The van der Waals surface area contributed by atoms with Crippen molar-refractivity contribution in [2.24, 2.45) is 0 Å². The molecule has 3 rings (SSSR count). The molecule has 2 aliphatic heterocycles. The van der Waals surface area contributed by atoms with E-state index in [2.05, 4.69) is 5.32 Å². The number of carbonyl (C=O) groups excluding carboxylic acids is 1. The van der Waals surface area contributed by atoms with E-state index in [1.807, 2.05) is 13.8 Å². The molecule has 2 heterocycles. The van der Waals surface area contributed by atoms with Crippen molar-refractivity contribution in [2.45, 2.75) is 26.1 Å². The van der Waals surface area contributed by atoms with Gasteiger partial charge in [-0.15, -0.1) is 0 Å². The summed E-state index contributed by atoms with van der Waals surface area (Å²) in [6, 6.07) is 2.49. The predicted molar refractivity (Wildman–Crippen MR) is 77.4 cm³/mol. The number of fused-ring (bicyclic) bond motifs is 3. The van der Waals surface area contributed by atoms with Crippen molar-refractivity contribution in [3.8, 4) is 0 Å². The van der Waals surface area contributed by atoms with Gasteiger partial charge >= 0.3 is 6.18 Å². The van der Waals surface area contributed by atoms with Gasteiger partial charge in [-0.3, -0.25) is 4.79 Å². The fraction of sp³-hybridized carbons (Fsp3) is 0.438. The second kappa shape index (κ2) is 5.12. The van der Waals surface area contributed by atoms with Crippen molar-refractivity contribution in [3.63, 3.8) is 0 Å². The van der Waals surface area contributed by atoms with E-state index < -0.39 is 17.6 Å². The first-order valence-corrected chi connectivity index (χ1v) is 7.21. The zero-order valence-corrected chi connectivity index (χ0v) is 12.4. The first kappa shape index (κ1) is 15.1. The maximum absolute atomic E-state index is 13.4. The predicted octanol–water partition coefficient (Wildman–Crippen LogP) is 3.23. The number of hydrogen-bond acceptors (Lipinski definition) is 2. The lowest BCUT2D eigenvalue weighted by atomic mass is 9.94. The highest BCUT2D eigenvalue weighted by Crippen LogP contribution is 2.43. The van der Waals surface area contributed by atoms with Crippen LogP contribution in [0.15, 0.2) is 17.7 Å². The normalized spacial score (nSPS) is 20.7. The van der Waals surface area contributed by atoms with Gasteiger partial charge in [-0.25, -0.2) is 0 Å². The lowest BCUT2D eigenvalue weighted by molar-refractivity contribution is -0.138. The number of alkyl halides is 3. The van der Waals surface area contributed by atoms with Gasteiger partial charge in [0.1, 0.15) is 0 Å². The molecule has 0 radical (unpaired) electrons. The van der Waals surface area contributed by atoms with Crippen LogP contribution in [0.1, 0.15) is 46.9 Å². The van der Waals surface area contributed by atoms with Crippen molar-refractivity contribution >= 4 is 12.0 Å². The van der Waals surface area contributed by atoms with E-state index in [1.165, 1.54) is 0 Å². The van der Waals surface area contributed by atoms with Crippen molar-refractivity contribution in [1.82, 2.24) is 10.2 Å². The third-order valence-electron chi connectivity index (χ3n) is 4.03. The van der Waals surface area contributed by atoms with Crippen LogP contribution < -0.4 is 5.32 Å². The molecule has 0 spiro atoms. The van der Waals surface area contributed by atoms with Crippen molar-refractivity contribution in [3.05, 3.63) is 40.0 Å². The van der Waals surface area contributed by atoms with Gasteiger partial charge in [0.05, 0.1) is 17.2 Å². The van der Waals surface area contributed by atoms with Crippen LogP contribution in [-0.2, 0) is 6.18 Å². The standard InChI is InChI=1S/C16H17F3N2O/c1-9(2)5-10-6-11-13-8-20-3-4-21(13)15(22)14(11)12(7-10)16(17,18)19/h5-7,13,20H,3-4,8H2,1-2H3. The summed E-state index contributed by atoms with van der Waals surface area (Å²) in [4.78, 5) is 14.0. The van der Waals surface area contributed by atoms with Crippen LogP contribution >= 0.6 is 0 Å². The van der Waals surface area contributed by atoms with Crippen LogP contribution in [0.5, 0.6) is 0 Å². The number of piperazine rings is 1. The number of rotatable bonds is 1. The monoisotopic (exact) mass is 310 g/mol. The molecule has 1 aromatic rings. The number of nitrogens with one attached hydrogen (secondary N) is 1. The molecule has 6 heteroatoms. The summed E-state index contributed by atoms with van der Waals surface area (Å²) in [6.07, 6.45) is -2.83. The second-order valence-electron chi connectivity index (χ2n) is 5.97. The smallest absolute Gasteiger partial charge is 0.329 e. The number of hydrogen-bond donors (Lipinski definition) is 1. The van der Waals surface area contributed by atoms with E-state index in [-0.39, 0.29) is 11.6 Å². The number of nitrogens with zero attached hydrogens (tertiary/aromatic N) is 1. The Morgan fingerprint density at radius 1 is 1.36 bits per heavy atom. The fourth-order valence-electron chi connectivity index (χ4n) is 3.20. The third kappa shape index (κ3) is 2.41. The van der Waals surface area contributed by atoms with E-state index in [0.717, 1.165) is 11.6 Å². The van der Waals surface area contributed by atoms with Crippen molar-refractivity contribution in [2.75, 3.05) is 19.6 Å². The van der Waals surface area contributed by atoms with Crippen LogP contribution in [0.2, 0.25) is 0 Å². The van der Waals surface area contributed by atoms with E-state index in [4.69, 9.17) is 0 Å². The summed E-state index contributed by atoms with van der Waals surface area (Å²) < 4.78 is 40.2. The molecule has 0 aromatic heterocycles. The first-order valence-electron chi connectivity index (χ1n) is 7.21. The molecule has 22 heavy (non-hydrogen) atoms. The maximum Gasteiger partial charge on any atom is 0.417 e. The summed E-state index contributed by atoms with van der Waals surface area (Å²) in [5, 5.41) is 3.15. The Morgan fingerprint density at radius 2 is 2.09 bits per heavy atom. The molecule has 3 nitrogen and oxygen atoms in total. The molecule has 1 fully saturated rings. The maximum atomic E-state index is 13.4. The molecule has 1 saturated heterocycles. The molecule has 0 bridgehead atoms. The van der Waals surface area contributed by atoms with E-state index in [9.17, 15) is 18.0 Å². The highest BCUT2D eigenvalue weighted by molar-refractivity contribution is 6.01. The highest BCUT2D eigenvalue weighted by atomic mass is 19.4. The third-order valence-corrected chi connectivity index (χ3v) is 4.03. The molecular formula is C16H17F3N2O. The van der Waals surface area contributed by atoms with E-state index in [0.29, 0.717) is 30.8 Å². The minimum Gasteiger partial charge on any atom is -0.329 e. The average Bonchev–Trinajstić information content (AvgIpc) is 2.71. The average molecular weight is 310 g/mol. The lowest BCUT2D eigenvalue weighted by Gasteiger charge is -2.30. The molecule has 0 aliphatic carbocycles. The van der Waals surface area contributed by atoms with E-state index in [1.54, 1.807) is 17.0 Å². The Kier molecular flexibility index (Phi) is 3.51. The SMILES string of the molecule is CC(C)=Cc1cc2c(c(C(F)(F)F)c1)C(=O)N1CCNCC21. The summed E-state index contributed by atoms with van der Waals surface area (Å²) in [5.41, 5.74) is 0.894. The van der Waals surface area contributed by atoms with Gasteiger partial charge in [0, 0.05) is 19.6 Å². The Morgan fingerprint density at radius 3 is 2.73 bits per heavy atom. The van der Waals surface area contributed by atoms with Crippen LogP contribution in [-0.4, -0.2) is 30.4 Å². The van der Waals surface area contributed by atoms with Gasteiger partial charge in [-0.1, -0.05) is 11.6 Å². The molecule has 1 unspecified atom stereocenters. The summed E-state index contributed by atoms with van der Waals surface area (Å²) in [6.45, 7) is 5.21. The Bertz CT molecular complexity index is 660. The molecule has 118 valence electrons. The number of allylic oxidation sites excluding steroid dienone is 1. The summed E-state index contributed by atoms with van der Waals surface area (Å²) >= 11 is 0. The Balaban J connectivity index is 2.22. The first-order chi connectivity index (χ1) is 10.3. The Hall–Kier alpha value is -1.82. The van der Waals surface area contributed by atoms with Gasteiger partial charge in [-0.2, -0.15) is 13.2 Å². The van der Waals surface area contributed by atoms with Crippen LogP contribution in [0.3, 0.4) is 0 Å². The van der Waals surface area contributed by atoms with Gasteiger partial charge in [0.15, 0.2) is 0 Å². The van der Waals surface area contributed by atoms with Crippen molar-refractivity contribution in [1.29, 1.82) is 0 Å². The molecule has 1 amide bonds. The molecule has 0 saturated carbocycles. The second-order valence-corrected chi connectivity index (χ2v) is 5.97. The topological polar surface area (TPSA) is 32.3 Å². The van der Waals surface area contributed by atoms with Crippen LogP contribution in [0.4, 0.5) is 13.2 Å². The zero-order chi connectivity index (χ0) is 16.1. The van der Waals surface area contributed by atoms with Crippen LogP contribution in [0.25, 0.3) is 6.08 Å². The van der Waals surface area contributed by atoms with Gasteiger partial charge in [0.2, 0.25) is 0 Å². The molecular weight excluding hydrogens is 293 g/mol. The number of amides is 1. The van der Waals surface area contributed by atoms with Crippen LogP contribution in [0, 0.1) is 0 Å². The summed E-state index contributed by atoms with van der Waals surface area (Å²) in [7, 11) is 0. The number of benzene rings is 1. The molecule has 2 aliphatic rings. The zero-order valence-electron chi connectivity index (χ0n) is 12.4. The lowest BCUT2D eigenvalue weighted by Crippen LogP contribution is -2.44. The van der Waals surface area contributed by atoms with Gasteiger partial charge in [0.25, 0.3) is 5.91 Å². The largest absolute Gasteiger partial charge is 0.417 e. The molecule has 1 N–H and O–H groups in total. The molecule has 1 aromatic carbocycles. The minimum atomic E-state index is -4.53. The molecule has 1 atom stereocenters.